The van der Waals surface area contributed by atoms with Gasteiger partial charge in [0.1, 0.15) is 5.69 Å². The van der Waals surface area contributed by atoms with Gasteiger partial charge in [0, 0.05) is 5.69 Å². The van der Waals surface area contributed by atoms with Crippen molar-refractivity contribution in [2.45, 2.75) is 6.92 Å². The molecule has 4 heteroatoms. The van der Waals surface area contributed by atoms with Crippen LogP contribution in [-0.2, 0) is 0 Å². The summed E-state index contributed by atoms with van der Waals surface area (Å²) in [6, 6.07) is 10.2. The van der Waals surface area contributed by atoms with E-state index in [0.717, 1.165) is 5.69 Å². The van der Waals surface area contributed by atoms with Crippen LogP contribution in [-0.4, -0.2) is 10.8 Å². The molecule has 0 saturated heterocycles. The van der Waals surface area contributed by atoms with Crippen molar-refractivity contribution in [1.82, 2.24) is 4.98 Å². The largest absolute Gasteiger partial charge is 0.287 e. The molecule has 0 unspecified atom stereocenters. The molecule has 0 aliphatic rings. The Balaban J connectivity index is 2.51. The Morgan fingerprint density at radius 2 is 1.65 bits per heavy atom. The highest BCUT2D eigenvalue weighted by atomic mass is 35.5. The van der Waals surface area contributed by atoms with Gasteiger partial charge in [-0.2, -0.15) is 0 Å². The standard InChI is InChI=1S/C13H9Cl2NO/c1-8-4-2-7-11(16-8)13(17)12-9(14)5-3-6-10(12)15/h2-7H,1H3. The van der Waals surface area contributed by atoms with E-state index in [9.17, 15) is 4.79 Å². The molecule has 2 rings (SSSR count). The minimum absolute atomic E-state index is 0.260. The van der Waals surface area contributed by atoms with E-state index >= 15 is 0 Å². The lowest BCUT2D eigenvalue weighted by Gasteiger charge is -2.05. The van der Waals surface area contributed by atoms with Gasteiger partial charge in [-0.15, -0.1) is 0 Å². The lowest BCUT2D eigenvalue weighted by molar-refractivity contribution is 0.103. The number of carbonyl (C=O) groups excluding carboxylic acids is 1. The molecule has 2 nitrogen and oxygen atoms in total. The van der Waals surface area contributed by atoms with Crippen molar-refractivity contribution < 1.29 is 4.79 Å². The molecule has 17 heavy (non-hydrogen) atoms. The Kier molecular flexibility index (Phi) is 3.46. The molecular weight excluding hydrogens is 257 g/mol. The van der Waals surface area contributed by atoms with E-state index in [2.05, 4.69) is 4.98 Å². The Labute approximate surface area is 109 Å². The third kappa shape index (κ3) is 2.48. The van der Waals surface area contributed by atoms with E-state index in [4.69, 9.17) is 23.2 Å². The number of hydrogen-bond donors (Lipinski definition) is 0. The Morgan fingerprint density at radius 1 is 1.06 bits per heavy atom. The van der Waals surface area contributed by atoms with Gasteiger partial charge in [0.25, 0.3) is 0 Å². The van der Waals surface area contributed by atoms with Gasteiger partial charge < -0.3 is 0 Å². The number of nitrogens with zero attached hydrogens (tertiary/aromatic N) is 1. The first-order valence-corrected chi connectivity index (χ1v) is 5.77. The van der Waals surface area contributed by atoms with Gasteiger partial charge in [-0.1, -0.05) is 35.3 Å². The van der Waals surface area contributed by atoms with Crippen molar-refractivity contribution in [3.05, 3.63) is 63.4 Å². The van der Waals surface area contributed by atoms with E-state index in [1.807, 2.05) is 13.0 Å². The fourth-order valence-corrected chi connectivity index (χ4v) is 2.08. The molecule has 86 valence electrons. The Bertz CT molecular complexity index is 561. The second kappa shape index (κ2) is 4.86. The summed E-state index contributed by atoms with van der Waals surface area (Å²) in [6.07, 6.45) is 0. The molecule has 1 heterocycles. The zero-order valence-corrected chi connectivity index (χ0v) is 10.6. The monoisotopic (exact) mass is 265 g/mol. The van der Waals surface area contributed by atoms with Crippen LogP contribution in [0.15, 0.2) is 36.4 Å². The lowest BCUT2D eigenvalue weighted by atomic mass is 10.1. The Morgan fingerprint density at radius 3 is 2.24 bits per heavy atom. The highest BCUT2D eigenvalue weighted by Gasteiger charge is 2.17. The number of rotatable bonds is 2. The maximum atomic E-state index is 12.2. The molecule has 0 atom stereocenters. The molecule has 0 bridgehead atoms. The Hall–Kier alpha value is -1.38. The molecule has 1 aromatic carbocycles. The van der Waals surface area contributed by atoms with Gasteiger partial charge in [-0.3, -0.25) is 4.79 Å². The molecule has 0 fully saturated rings. The average molecular weight is 266 g/mol. The first kappa shape index (κ1) is 12.1. The van der Waals surface area contributed by atoms with Gasteiger partial charge in [0.15, 0.2) is 0 Å². The van der Waals surface area contributed by atoms with Gasteiger partial charge >= 0.3 is 0 Å². The fraction of sp³-hybridized carbons (Fsp3) is 0.0769. The number of hydrogen-bond acceptors (Lipinski definition) is 2. The summed E-state index contributed by atoms with van der Waals surface area (Å²) in [5, 5.41) is 0.677. The van der Waals surface area contributed by atoms with Crippen molar-refractivity contribution in [2.75, 3.05) is 0 Å². The van der Waals surface area contributed by atoms with Crippen molar-refractivity contribution in [1.29, 1.82) is 0 Å². The van der Waals surface area contributed by atoms with E-state index in [-0.39, 0.29) is 5.78 Å². The number of ketones is 1. The predicted octanol–water partition coefficient (Wildman–Crippen LogP) is 3.93. The summed E-state index contributed by atoms with van der Waals surface area (Å²) >= 11 is 12.0. The van der Waals surface area contributed by atoms with Gasteiger partial charge in [-0.05, 0) is 31.2 Å². The topological polar surface area (TPSA) is 30.0 Å². The van der Waals surface area contributed by atoms with Crippen LogP contribution >= 0.6 is 23.2 Å². The van der Waals surface area contributed by atoms with Crippen LogP contribution in [0.25, 0.3) is 0 Å². The molecular formula is C13H9Cl2NO. The molecule has 0 radical (unpaired) electrons. The van der Waals surface area contributed by atoms with Gasteiger partial charge in [-0.25, -0.2) is 4.98 Å². The smallest absolute Gasteiger partial charge is 0.214 e. The molecule has 1 aromatic heterocycles. The zero-order valence-electron chi connectivity index (χ0n) is 9.08. The highest BCUT2D eigenvalue weighted by molar-refractivity contribution is 6.40. The van der Waals surface area contributed by atoms with Crippen LogP contribution in [0.1, 0.15) is 21.7 Å². The molecule has 2 aromatic rings. The van der Waals surface area contributed by atoms with Gasteiger partial charge in [0.2, 0.25) is 5.78 Å². The fourth-order valence-electron chi connectivity index (χ4n) is 1.51. The van der Waals surface area contributed by atoms with Crippen LogP contribution in [0.4, 0.5) is 0 Å². The lowest BCUT2D eigenvalue weighted by Crippen LogP contribution is -2.06. The third-order valence-electron chi connectivity index (χ3n) is 2.31. The number of pyridine rings is 1. The third-order valence-corrected chi connectivity index (χ3v) is 2.94. The number of aryl methyl sites for hydroxylation is 1. The average Bonchev–Trinajstić information content (AvgIpc) is 2.28. The summed E-state index contributed by atoms with van der Waals surface area (Å²) in [6.45, 7) is 1.82. The second-order valence-electron chi connectivity index (χ2n) is 3.59. The molecule has 0 saturated carbocycles. The van der Waals surface area contributed by atoms with Crippen LogP contribution in [0.2, 0.25) is 10.0 Å². The summed E-state index contributed by atoms with van der Waals surface area (Å²) in [5.74, 6) is -0.260. The molecule has 0 aliphatic carbocycles. The first-order valence-electron chi connectivity index (χ1n) is 5.02. The second-order valence-corrected chi connectivity index (χ2v) is 4.40. The minimum atomic E-state index is -0.260. The van der Waals surface area contributed by atoms with E-state index < -0.39 is 0 Å². The zero-order chi connectivity index (χ0) is 12.4. The number of benzene rings is 1. The molecule has 0 amide bonds. The maximum Gasteiger partial charge on any atom is 0.214 e. The molecule has 0 spiro atoms. The highest BCUT2D eigenvalue weighted by Crippen LogP contribution is 2.26. The van der Waals surface area contributed by atoms with Crippen molar-refractivity contribution >= 4 is 29.0 Å². The SMILES string of the molecule is Cc1cccc(C(=O)c2c(Cl)cccc2Cl)n1. The summed E-state index contributed by atoms with van der Waals surface area (Å²) < 4.78 is 0. The molecule has 0 N–H and O–H groups in total. The van der Waals surface area contributed by atoms with Crippen LogP contribution in [0.3, 0.4) is 0 Å². The van der Waals surface area contributed by atoms with E-state index in [1.165, 1.54) is 0 Å². The number of carbonyl (C=O) groups is 1. The quantitative estimate of drug-likeness (QED) is 0.771. The maximum absolute atomic E-state index is 12.2. The van der Waals surface area contributed by atoms with Crippen LogP contribution in [0, 0.1) is 6.92 Å². The summed E-state index contributed by atoms with van der Waals surface area (Å²) in [7, 11) is 0. The van der Waals surface area contributed by atoms with Crippen molar-refractivity contribution in [3.63, 3.8) is 0 Å². The normalized spacial score (nSPS) is 10.3. The predicted molar refractivity (Wildman–Crippen MR) is 68.9 cm³/mol. The summed E-state index contributed by atoms with van der Waals surface area (Å²) in [5.41, 5.74) is 1.42. The van der Waals surface area contributed by atoms with Gasteiger partial charge in [0.05, 0.1) is 15.6 Å². The molecule has 0 aliphatic heterocycles. The van der Waals surface area contributed by atoms with Crippen LogP contribution < -0.4 is 0 Å². The number of halogens is 2. The first-order chi connectivity index (χ1) is 8.09. The van der Waals surface area contributed by atoms with E-state index in [0.29, 0.717) is 21.3 Å². The number of aromatic nitrogens is 1. The van der Waals surface area contributed by atoms with Crippen molar-refractivity contribution in [3.8, 4) is 0 Å². The van der Waals surface area contributed by atoms with Crippen molar-refractivity contribution in [2.24, 2.45) is 0 Å². The summed E-state index contributed by atoms with van der Waals surface area (Å²) in [4.78, 5) is 16.4. The minimum Gasteiger partial charge on any atom is -0.287 e. The van der Waals surface area contributed by atoms with E-state index in [1.54, 1.807) is 30.3 Å². The van der Waals surface area contributed by atoms with Crippen LogP contribution in [0.5, 0.6) is 0 Å².